The van der Waals surface area contributed by atoms with Crippen LogP contribution >= 0.6 is 0 Å². The molecule has 0 bridgehead atoms. The standard InChI is InChI=1S/C23H21NO2/c1-17(18(2)23(25)26)21-15-9-10-16-22(21)24(19-11-5-3-6-12-19)20-13-7-4-8-14-20/h3-16H,1-2H3,(H,25,26)/b18-17+. The molecule has 0 aliphatic carbocycles. The summed E-state index contributed by atoms with van der Waals surface area (Å²) in [5, 5.41) is 9.41. The summed E-state index contributed by atoms with van der Waals surface area (Å²) in [6, 6.07) is 28.1. The number of hydrogen-bond acceptors (Lipinski definition) is 2. The maximum atomic E-state index is 11.5. The lowest BCUT2D eigenvalue weighted by atomic mass is 9.99. The summed E-state index contributed by atoms with van der Waals surface area (Å²) in [6.07, 6.45) is 0. The zero-order valence-corrected chi connectivity index (χ0v) is 14.9. The summed E-state index contributed by atoms with van der Waals surface area (Å²) in [5.41, 5.74) is 4.99. The molecule has 3 nitrogen and oxygen atoms in total. The predicted molar refractivity (Wildman–Crippen MR) is 107 cm³/mol. The minimum Gasteiger partial charge on any atom is -0.478 e. The normalized spacial score (nSPS) is 11.6. The van der Waals surface area contributed by atoms with Crippen LogP contribution in [0.2, 0.25) is 0 Å². The Kier molecular flexibility index (Phi) is 5.18. The number of nitrogens with zero attached hydrogens (tertiary/aromatic N) is 1. The molecule has 0 saturated carbocycles. The van der Waals surface area contributed by atoms with Gasteiger partial charge in [0.05, 0.1) is 5.69 Å². The van der Waals surface area contributed by atoms with E-state index in [4.69, 9.17) is 0 Å². The van der Waals surface area contributed by atoms with E-state index in [0.29, 0.717) is 5.57 Å². The number of carbonyl (C=O) groups is 1. The summed E-state index contributed by atoms with van der Waals surface area (Å²) >= 11 is 0. The van der Waals surface area contributed by atoms with E-state index in [9.17, 15) is 9.90 Å². The molecule has 0 atom stereocenters. The van der Waals surface area contributed by atoms with E-state index in [1.165, 1.54) is 0 Å². The molecule has 0 fully saturated rings. The van der Waals surface area contributed by atoms with Gasteiger partial charge >= 0.3 is 5.97 Å². The van der Waals surface area contributed by atoms with Crippen LogP contribution in [0.5, 0.6) is 0 Å². The van der Waals surface area contributed by atoms with Crippen molar-refractivity contribution in [2.75, 3.05) is 4.90 Å². The molecule has 0 heterocycles. The van der Waals surface area contributed by atoms with Crippen molar-refractivity contribution in [3.05, 3.63) is 96.1 Å². The van der Waals surface area contributed by atoms with E-state index < -0.39 is 5.97 Å². The monoisotopic (exact) mass is 343 g/mol. The molecule has 26 heavy (non-hydrogen) atoms. The Morgan fingerprint density at radius 1 is 0.731 bits per heavy atom. The molecule has 0 aliphatic heterocycles. The number of aliphatic carboxylic acids is 1. The van der Waals surface area contributed by atoms with E-state index in [1.807, 2.05) is 91.9 Å². The van der Waals surface area contributed by atoms with Crippen LogP contribution in [0.3, 0.4) is 0 Å². The van der Waals surface area contributed by atoms with Gasteiger partial charge in [0.25, 0.3) is 0 Å². The molecule has 0 unspecified atom stereocenters. The van der Waals surface area contributed by atoms with Gasteiger partial charge in [0.15, 0.2) is 0 Å². The Morgan fingerprint density at radius 3 is 1.69 bits per heavy atom. The molecular weight excluding hydrogens is 322 g/mol. The SMILES string of the molecule is C/C(C(=O)O)=C(/C)c1ccccc1N(c1ccccc1)c1ccccc1. The second-order valence-electron chi connectivity index (χ2n) is 6.08. The molecule has 0 aromatic heterocycles. The molecule has 0 aliphatic rings. The number of benzene rings is 3. The number of para-hydroxylation sites is 3. The van der Waals surface area contributed by atoms with Crippen LogP contribution < -0.4 is 4.90 Å². The van der Waals surface area contributed by atoms with Crippen molar-refractivity contribution in [3.8, 4) is 0 Å². The van der Waals surface area contributed by atoms with Crippen molar-refractivity contribution < 1.29 is 9.90 Å². The Morgan fingerprint density at radius 2 is 1.19 bits per heavy atom. The van der Waals surface area contributed by atoms with E-state index in [1.54, 1.807) is 6.92 Å². The van der Waals surface area contributed by atoms with Crippen molar-refractivity contribution >= 4 is 28.6 Å². The number of anilines is 3. The van der Waals surface area contributed by atoms with Crippen LogP contribution in [0.4, 0.5) is 17.1 Å². The minimum absolute atomic E-state index is 0.346. The number of carboxylic acid groups (broad SMARTS) is 1. The van der Waals surface area contributed by atoms with E-state index in [2.05, 4.69) is 4.90 Å². The number of hydrogen-bond donors (Lipinski definition) is 1. The quantitative estimate of drug-likeness (QED) is 0.575. The summed E-state index contributed by atoms with van der Waals surface area (Å²) in [7, 11) is 0. The maximum Gasteiger partial charge on any atom is 0.331 e. The predicted octanol–water partition coefficient (Wildman–Crippen LogP) is 6.03. The van der Waals surface area contributed by atoms with Crippen LogP contribution in [0.25, 0.3) is 5.57 Å². The first-order valence-electron chi connectivity index (χ1n) is 8.50. The Balaban J connectivity index is 2.24. The molecule has 0 spiro atoms. The second kappa shape index (κ2) is 7.70. The molecule has 0 saturated heterocycles. The summed E-state index contributed by atoms with van der Waals surface area (Å²) in [4.78, 5) is 13.6. The Labute approximate surface area is 153 Å². The van der Waals surface area contributed by atoms with Crippen molar-refractivity contribution in [3.63, 3.8) is 0 Å². The molecule has 3 rings (SSSR count). The van der Waals surface area contributed by atoms with Crippen molar-refractivity contribution in [2.45, 2.75) is 13.8 Å². The molecule has 0 radical (unpaired) electrons. The molecule has 1 N–H and O–H groups in total. The van der Waals surface area contributed by atoms with Crippen LogP contribution in [0, 0.1) is 0 Å². The molecule has 3 aromatic rings. The lowest BCUT2D eigenvalue weighted by Crippen LogP contribution is -2.12. The third-order valence-electron chi connectivity index (χ3n) is 4.46. The highest BCUT2D eigenvalue weighted by Gasteiger charge is 2.18. The van der Waals surface area contributed by atoms with Crippen molar-refractivity contribution in [2.24, 2.45) is 0 Å². The van der Waals surface area contributed by atoms with Crippen LogP contribution in [-0.2, 0) is 4.79 Å². The van der Waals surface area contributed by atoms with Gasteiger partial charge in [0.1, 0.15) is 0 Å². The Hall–Kier alpha value is -3.33. The Bertz CT molecular complexity index is 891. The third kappa shape index (κ3) is 3.52. The summed E-state index contributed by atoms with van der Waals surface area (Å²) in [6.45, 7) is 3.50. The zero-order chi connectivity index (χ0) is 18.5. The second-order valence-corrected chi connectivity index (χ2v) is 6.08. The first-order chi connectivity index (χ1) is 12.6. The number of rotatable bonds is 5. The first kappa shape index (κ1) is 17.5. The average Bonchev–Trinajstić information content (AvgIpc) is 2.69. The van der Waals surface area contributed by atoms with Crippen molar-refractivity contribution in [1.82, 2.24) is 0 Å². The fourth-order valence-corrected chi connectivity index (χ4v) is 2.93. The lowest BCUT2D eigenvalue weighted by Gasteiger charge is -2.28. The van der Waals surface area contributed by atoms with Gasteiger partial charge in [-0.25, -0.2) is 4.79 Å². The van der Waals surface area contributed by atoms with Crippen molar-refractivity contribution in [1.29, 1.82) is 0 Å². The lowest BCUT2D eigenvalue weighted by molar-refractivity contribution is -0.132. The van der Waals surface area contributed by atoms with E-state index in [0.717, 1.165) is 28.2 Å². The van der Waals surface area contributed by atoms with Gasteiger partial charge in [0, 0.05) is 22.5 Å². The van der Waals surface area contributed by atoms with Gasteiger partial charge in [0.2, 0.25) is 0 Å². The molecular formula is C23H21NO2. The number of allylic oxidation sites excluding steroid dienone is 1. The smallest absolute Gasteiger partial charge is 0.331 e. The fraction of sp³-hybridized carbons (Fsp3) is 0.0870. The van der Waals surface area contributed by atoms with Crippen LogP contribution in [0.1, 0.15) is 19.4 Å². The average molecular weight is 343 g/mol. The van der Waals surface area contributed by atoms with Crippen LogP contribution in [-0.4, -0.2) is 11.1 Å². The van der Waals surface area contributed by atoms with E-state index >= 15 is 0 Å². The summed E-state index contributed by atoms with van der Waals surface area (Å²) in [5.74, 6) is -0.900. The third-order valence-corrected chi connectivity index (χ3v) is 4.46. The molecule has 0 amide bonds. The molecule has 3 heteroatoms. The highest BCUT2D eigenvalue weighted by Crippen LogP contribution is 2.39. The van der Waals surface area contributed by atoms with Gasteiger partial charge in [-0.1, -0.05) is 54.6 Å². The van der Waals surface area contributed by atoms with Gasteiger partial charge in [-0.2, -0.15) is 0 Å². The summed E-state index contributed by atoms with van der Waals surface area (Å²) < 4.78 is 0. The van der Waals surface area contributed by atoms with Gasteiger partial charge in [-0.15, -0.1) is 0 Å². The number of carboxylic acids is 1. The highest BCUT2D eigenvalue weighted by atomic mass is 16.4. The maximum absolute atomic E-state index is 11.5. The molecule has 130 valence electrons. The molecule has 3 aromatic carbocycles. The van der Waals surface area contributed by atoms with E-state index in [-0.39, 0.29) is 0 Å². The first-order valence-corrected chi connectivity index (χ1v) is 8.50. The minimum atomic E-state index is -0.900. The zero-order valence-electron chi connectivity index (χ0n) is 14.9. The topological polar surface area (TPSA) is 40.5 Å². The largest absolute Gasteiger partial charge is 0.478 e. The van der Waals surface area contributed by atoms with Gasteiger partial charge in [-0.05, 0) is 49.8 Å². The van der Waals surface area contributed by atoms with Gasteiger partial charge in [-0.3, -0.25) is 0 Å². The van der Waals surface area contributed by atoms with Crippen LogP contribution in [0.15, 0.2) is 90.5 Å². The highest BCUT2D eigenvalue weighted by molar-refractivity contribution is 5.98. The van der Waals surface area contributed by atoms with Gasteiger partial charge < -0.3 is 10.0 Å². The fourth-order valence-electron chi connectivity index (χ4n) is 2.93.